The van der Waals surface area contributed by atoms with Crippen LogP contribution >= 0.6 is 0 Å². The molecule has 2 heterocycles. The molecule has 9 heteroatoms. The standard InChI is InChI=1S/C17H18N4O4S/c1-11-17(12(2)25-20-11)26(22,23)21-14-7-8-16(18-10-14)19-13-5-4-6-15(9-13)24-3/h4-10,21H,1-3H3,(H,18,19). The van der Waals surface area contributed by atoms with Crippen molar-refractivity contribution < 1.29 is 17.7 Å². The Morgan fingerprint density at radius 2 is 1.92 bits per heavy atom. The summed E-state index contributed by atoms with van der Waals surface area (Å²) in [6.45, 7) is 3.12. The molecule has 0 fully saturated rings. The monoisotopic (exact) mass is 374 g/mol. The van der Waals surface area contributed by atoms with Gasteiger partial charge in [-0.2, -0.15) is 0 Å². The molecule has 0 saturated heterocycles. The SMILES string of the molecule is COc1cccc(Nc2ccc(NS(=O)(=O)c3c(C)noc3C)cn2)c1. The molecule has 3 rings (SSSR count). The van der Waals surface area contributed by atoms with Crippen LogP contribution in [-0.4, -0.2) is 25.7 Å². The van der Waals surface area contributed by atoms with Crippen LogP contribution in [0.2, 0.25) is 0 Å². The smallest absolute Gasteiger partial charge is 0.267 e. The summed E-state index contributed by atoms with van der Waals surface area (Å²) >= 11 is 0. The van der Waals surface area contributed by atoms with Gasteiger partial charge in [0.05, 0.1) is 19.0 Å². The molecule has 0 radical (unpaired) electrons. The van der Waals surface area contributed by atoms with E-state index in [1.807, 2.05) is 24.3 Å². The molecule has 0 atom stereocenters. The van der Waals surface area contributed by atoms with E-state index in [1.165, 1.54) is 6.20 Å². The number of ether oxygens (including phenoxy) is 1. The molecule has 0 unspecified atom stereocenters. The summed E-state index contributed by atoms with van der Waals surface area (Å²) in [4.78, 5) is 4.26. The minimum Gasteiger partial charge on any atom is -0.497 e. The molecule has 2 aromatic heterocycles. The Morgan fingerprint density at radius 1 is 1.12 bits per heavy atom. The van der Waals surface area contributed by atoms with Crippen LogP contribution in [0.5, 0.6) is 5.75 Å². The molecule has 0 amide bonds. The molecule has 26 heavy (non-hydrogen) atoms. The van der Waals surface area contributed by atoms with Crippen LogP contribution < -0.4 is 14.8 Å². The van der Waals surface area contributed by atoms with Gasteiger partial charge in [-0.3, -0.25) is 4.72 Å². The quantitative estimate of drug-likeness (QED) is 0.682. The van der Waals surface area contributed by atoms with E-state index in [9.17, 15) is 8.42 Å². The third-order valence-corrected chi connectivity index (χ3v) is 5.22. The lowest BCUT2D eigenvalue weighted by molar-refractivity contribution is 0.390. The van der Waals surface area contributed by atoms with Gasteiger partial charge < -0.3 is 14.6 Å². The minimum atomic E-state index is -3.80. The van der Waals surface area contributed by atoms with E-state index in [-0.39, 0.29) is 10.7 Å². The van der Waals surface area contributed by atoms with Crippen molar-refractivity contribution in [3.63, 3.8) is 0 Å². The summed E-state index contributed by atoms with van der Waals surface area (Å²) < 4.78 is 37.5. The summed E-state index contributed by atoms with van der Waals surface area (Å²) in [7, 11) is -2.20. The number of hydrogen-bond donors (Lipinski definition) is 2. The van der Waals surface area contributed by atoms with Crippen LogP contribution in [0, 0.1) is 13.8 Å². The molecular formula is C17H18N4O4S. The van der Waals surface area contributed by atoms with Crippen molar-refractivity contribution in [2.45, 2.75) is 18.7 Å². The predicted molar refractivity (Wildman–Crippen MR) is 97.3 cm³/mol. The third-order valence-electron chi connectivity index (χ3n) is 3.59. The fraction of sp³-hybridized carbons (Fsp3) is 0.176. The summed E-state index contributed by atoms with van der Waals surface area (Å²) in [6, 6.07) is 10.7. The molecule has 2 N–H and O–H groups in total. The van der Waals surface area contributed by atoms with Crippen LogP contribution in [0.25, 0.3) is 0 Å². The van der Waals surface area contributed by atoms with E-state index >= 15 is 0 Å². The lowest BCUT2D eigenvalue weighted by atomic mass is 10.3. The Bertz CT molecular complexity index is 994. The third kappa shape index (κ3) is 3.77. The van der Waals surface area contributed by atoms with Gasteiger partial charge in [-0.05, 0) is 38.1 Å². The highest BCUT2D eigenvalue weighted by atomic mass is 32.2. The fourth-order valence-corrected chi connectivity index (χ4v) is 3.82. The van der Waals surface area contributed by atoms with E-state index in [0.717, 1.165) is 11.4 Å². The topological polar surface area (TPSA) is 106 Å². The number of methoxy groups -OCH3 is 1. The number of sulfonamides is 1. The van der Waals surface area contributed by atoms with Crippen LogP contribution in [0.15, 0.2) is 52.0 Å². The lowest BCUT2D eigenvalue weighted by Crippen LogP contribution is -2.14. The van der Waals surface area contributed by atoms with Crippen molar-refractivity contribution in [2.24, 2.45) is 0 Å². The second kappa shape index (κ2) is 7.04. The first kappa shape index (κ1) is 17.7. The maximum Gasteiger partial charge on any atom is 0.267 e. The summed E-state index contributed by atoms with van der Waals surface area (Å²) in [5.41, 5.74) is 1.45. The molecule has 8 nitrogen and oxygen atoms in total. The second-order valence-electron chi connectivity index (χ2n) is 5.55. The summed E-state index contributed by atoms with van der Waals surface area (Å²) in [5, 5.41) is 6.79. The van der Waals surface area contributed by atoms with Crippen LogP contribution in [0.4, 0.5) is 17.2 Å². The van der Waals surface area contributed by atoms with Gasteiger partial charge in [-0.15, -0.1) is 0 Å². The Hall–Kier alpha value is -3.07. The van der Waals surface area contributed by atoms with Crippen LogP contribution in [0.1, 0.15) is 11.5 Å². The highest BCUT2D eigenvalue weighted by Gasteiger charge is 2.24. The molecule has 3 aromatic rings. The van der Waals surface area contributed by atoms with Crippen LogP contribution in [-0.2, 0) is 10.0 Å². The maximum atomic E-state index is 12.5. The van der Waals surface area contributed by atoms with E-state index in [1.54, 1.807) is 33.1 Å². The number of aromatic nitrogens is 2. The molecular weight excluding hydrogens is 356 g/mol. The van der Waals surface area contributed by atoms with Gasteiger partial charge in [-0.1, -0.05) is 11.2 Å². The number of rotatable bonds is 6. The molecule has 0 aliphatic carbocycles. The Labute approximate surface area is 151 Å². The zero-order valence-corrected chi connectivity index (χ0v) is 15.3. The van der Waals surface area contributed by atoms with Crippen molar-refractivity contribution >= 4 is 27.2 Å². The average Bonchev–Trinajstić information content (AvgIpc) is 2.96. The number of hydrogen-bond acceptors (Lipinski definition) is 7. The van der Waals surface area contributed by atoms with Gasteiger partial charge in [-0.25, -0.2) is 13.4 Å². The number of nitrogens with zero attached hydrogens (tertiary/aromatic N) is 2. The van der Waals surface area contributed by atoms with Crippen molar-refractivity contribution in [3.05, 3.63) is 54.0 Å². The Kier molecular flexibility index (Phi) is 4.81. The van der Waals surface area contributed by atoms with E-state index < -0.39 is 10.0 Å². The molecule has 0 aliphatic heterocycles. The highest BCUT2D eigenvalue weighted by molar-refractivity contribution is 7.92. The first-order valence-corrected chi connectivity index (χ1v) is 9.20. The molecule has 136 valence electrons. The number of pyridine rings is 1. The van der Waals surface area contributed by atoms with E-state index in [2.05, 4.69) is 20.2 Å². The maximum absolute atomic E-state index is 12.5. The highest BCUT2D eigenvalue weighted by Crippen LogP contribution is 2.24. The van der Waals surface area contributed by atoms with Gasteiger partial charge in [0.25, 0.3) is 10.0 Å². The summed E-state index contributed by atoms with van der Waals surface area (Å²) in [6.07, 6.45) is 1.43. The average molecular weight is 374 g/mol. The predicted octanol–water partition coefficient (Wildman–Crippen LogP) is 3.24. The first-order chi connectivity index (χ1) is 12.4. The minimum absolute atomic E-state index is 0.0380. The van der Waals surface area contributed by atoms with Gasteiger partial charge in [0.1, 0.15) is 17.3 Å². The van der Waals surface area contributed by atoms with Crippen LogP contribution in [0.3, 0.4) is 0 Å². The summed E-state index contributed by atoms with van der Waals surface area (Å²) in [5.74, 6) is 1.52. The fourth-order valence-electron chi connectivity index (χ4n) is 2.44. The van der Waals surface area contributed by atoms with E-state index in [4.69, 9.17) is 9.26 Å². The molecule has 0 spiro atoms. The number of aryl methyl sites for hydroxylation is 2. The number of benzene rings is 1. The number of anilines is 3. The molecule has 0 saturated carbocycles. The molecule has 0 aliphatic rings. The lowest BCUT2D eigenvalue weighted by Gasteiger charge is -2.10. The van der Waals surface area contributed by atoms with Gasteiger partial charge in [0.2, 0.25) is 0 Å². The van der Waals surface area contributed by atoms with Gasteiger partial charge in [0.15, 0.2) is 10.7 Å². The van der Waals surface area contributed by atoms with Gasteiger partial charge >= 0.3 is 0 Å². The zero-order valence-electron chi connectivity index (χ0n) is 14.5. The van der Waals surface area contributed by atoms with Crippen molar-refractivity contribution in [1.82, 2.24) is 10.1 Å². The van der Waals surface area contributed by atoms with Crippen molar-refractivity contribution in [2.75, 3.05) is 17.1 Å². The Balaban J connectivity index is 1.75. The largest absolute Gasteiger partial charge is 0.497 e. The van der Waals surface area contributed by atoms with E-state index in [0.29, 0.717) is 17.2 Å². The van der Waals surface area contributed by atoms with Crippen molar-refractivity contribution in [1.29, 1.82) is 0 Å². The first-order valence-electron chi connectivity index (χ1n) is 7.72. The molecule has 0 bridgehead atoms. The molecule has 1 aromatic carbocycles. The second-order valence-corrected chi connectivity index (χ2v) is 7.17. The normalized spacial score (nSPS) is 11.2. The zero-order chi connectivity index (χ0) is 18.7. The van der Waals surface area contributed by atoms with Gasteiger partial charge in [0, 0.05) is 11.8 Å². The number of nitrogens with one attached hydrogen (secondary N) is 2. The Morgan fingerprint density at radius 3 is 2.54 bits per heavy atom. The van der Waals surface area contributed by atoms with Crippen molar-refractivity contribution in [3.8, 4) is 5.75 Å².